The molecule has 31 heavy (non-hydrogen) atoms. The molecule has 0 bridgehead atoms. The first kappa shape index (κ1) is 21.4. The van der Waals surface area contributed by atoms with Gasteiger partial charge in [0.2, 0.25) is 5.91 Å². The summed E-state index contributed by atoms with van der Waals surface area (Å²) in [5, 5.41) is 3.33. The van der Waals surface area contributed by atoms with Crippen molar-refractivity contribution in [3.8, 4) is 0 Å². The molecule has 8 heteroatoms. The maximum atomic E-state index is 12.8. The number of fused-ring (bicyclic) bond motifs is 2. The molecular weight excluding hydrogens is 416 g/mol. The molecule has 2 aromatic heterocycles. The van der Waals surface area contributed by atoms with Gasteiger partial charge in [-0.2, -0.15) is 0 Å². The van der Waals surface area contributed by atoms with Crippen LogP contribution < -0.4 is 11.1 Å². The van der Waals surface area contributed by atoms with Crippen LogP contribution in [0.15, 0.2) is 33.5 Å². The molecule has 0 radical (unpaired) electrons. The van der Waals surface area contributed by atoms with E-state index in [1.165, 1.54) is 23.0 Å². The van der Waals surface area contributed by atoms with E-state index in [0.29, 0.717) is 27.6 Å². The zero-order valence-electron chi connectivity index (χ0n) is 18.1. The lowest BCUT2D eigenvalue weighted by Crippen LogP contribution is -2.27. The van der Waals surface area contributed by atoms with E-state index < -0.39 is 17.6 Å². The quantitative estimate of drug-likeness (QED) is 0.611. The molecule has 4 rings (SSSR count). The third-order valence-corrected chi connectivity index (χ3v) is 7.18. The number of carbonyl (C=O) groups is 2. The number of thiophene rings is 1. The van der Waals surface area contributed by atoms with Crippen molar-refractivity contribution in [2.45, 2.75) is 46.6 Å². The normalized spacial score (nSPS) is 16.2. The van der Waals surface area contributed by atoms with Gasteiger partial charge in [0.15, 0.2) is 5.58 Å². The molecule has 7 nitrogen and oxygen atoms in total. The van der Waals surface area contributed by atoms with Crippen molar-refractivity contribution < 1.29 is 18.7 Å². The molecule has 0 saturated carbocycles. The van der Waals surface area contributed by atoms with Crippen molar-refractivity contribution in [1.82, 2.24) is 4.57 Å². The molecule has 2 heterocycles. The van der Waals surface area contributed by atoms with Gasteiger partial charge in [0.25, 0.3) is 0 Å². The fourth-order valence-electron chi connectivity index (χ4n) is 4.20. The highest BCUT2D eigenvalue weighted by Crippen LogP contribution is 2.44. The first-order chi connectivity index (χ1) is 14.7. The highest BCUT2D eigenvalue weighted by molar-refractivity contribution is 7.17. The fraction of sp³-hybridized carbons (Fsp3) is 0.435. The summed E-state index contributed by atoms with van der Waals surface area (Å²) in [7, 11) is 1.34. The zero-order chi connectivity index (χ0) is 22.3. The predicted molar refractivity (Wildman–Crippen MR) is 120 cm³/mol. The number of nitrogens with zero attached hydrogens (tertiary/aromatic N) is 1. The highest BCUT2D eigenvalue weighted by Gasteiger charge is 2.34. The Balaban J connectivity index is 1.63. The van der Waals surface area contributed by atoms with E-state index >= 15 is 0 Å². The summed E-state index contributed by atoms with van der Waals surface area (Å²) in [6, 6.07) is 6.95. The lowest BCUT2D eigenvalue weighted by atomic mass is 9.72. The van der Waals surface area contributed by atoms with Crippen molar-refractivity contribution >= 4 is 39.3 Å². The van der Waals surface area contributed by atoms with Crippen molar-refractivity contribution in [3.63, 3.8) is 0 Å². The first-order valence-electron chi connectivity index (χ1n) is 10.3. The highest BCUT2D eigenvalue weighted by atomic mass is 32.1. The maximum absolute atomic E-state index is 12.8. The summed E-state index contributed by atoms with van der Waals surface area (Å²) in [6.45, 7) is 6.48. The van der Waals surface area contributed by atoms with Crippen molar-refractivity contribution in [3.05, 3.63) is 50.8 Å². The number of hydrogen-bond donors (Lipinski definition) is 1. The molecule has 1 amide bonds. The van der Waals surface area contributed by atoms with Gasteiger partial charge < -0.3 is 14.5 Å². The average molecular weight is 443 g/mol. The van der Waals surface area contributed by atoms with Gasteiger partial charge in [0.05, 0.1) is 18.2 Å². The monoisotopic (exact) mass is 442 g/mol. The Morgan fingerprint density at radius 1 is 1.29 bits per heavy atom. The summed E-state index contributed by atoms with van der Waals surface area (Å²) in [4.78, 5) is 38.7. The number of hydrogen-bond acceptors (Lipinski definition) is 6. The second kappa shape index (κ2) is 8.00. The number of rotatable bonds is 4. The number of carbonyl (C=O) groups excluding carboxylic acids is 2. The molecule has 164 valence electrons. The van der Waals surface area contributed by atoms with Gasteiger partial charge in [0, 0.05) is 4.88 Å². The van der Waals surface area contributed by atoms with Crippen LogP contribution in [0.4, 0.5) is 5.00 Å². The molecule has 1 aliphatic carbocycles. The third-order valence-electron chi connectivity index (χ3n) is 6.01. The number of anilines is 1. The van der Waals surface area contributed by atoms with Gasteiger partial charge >= 0.3 is 11.7 Å². The predicted octanol–water partition coefficient (Wildman–Crippen LogP) is 4.23. The van der Waals surface area contributed by atoms with E-state index in [2.05, 4.69) is 26.1 Å². The Morgan fingerprint density at radius 2 is 2.03 bits per heavy atom. The average Bonchev–Trinajstić information content (AvgIpc) is 3.23. The Bertz CT molecular complexity index is 1210. The van der Waals surface area contributed by atoms with E-state index in [1.807, 2.05) is 0 Å². The van der Waals surface area contributed by atoms with Crippen molar-refractivity contribution in [2.24, 2.45) is 11.3 Å². The van der Waals surface area contributed by atoms with Crippen LogP contribution in [-0.4, -0.2) is 23.6 Å². The van der Waals surface area contributed by atoms with Gasteiger partial charge in [-0.25, -0.2) is 9.59 Å². The van der Waals surface area contributed by atoms with Crippen LogP contribution in [0.3, 0.4) is 0 Å². The van der Waals surface area contributed by atoms with Crippen LogP contribution in [0.2, 0.25) is 0 Å². The largest absolute Gasteiger partial charge is 0.465 e. The van der Waals surface area contributed by atoms with Crippen LogP contribution in [0.5, 0.6) is 0 Å². The number of para-hydroxylation sites is 2. The molecule has 1 aromatic carbocycles. The van der Waals surface area contributed by atoms with Crippen LogP contribution in [0.1, 0.15) is 48.0 Å². The second-order valence-corrected chi connectivity index (χ2v) is 10.1. The van der Waals surface area contributed by atoms with E-state index in [4.69, 9.17) is 9.15 Å². The Kier molecular flexibility index (Phi) is 5.51. The Hall–Kier alpha value is -2.87. The Labute approximate surface area is 184 Å². The number of oxazole rings is 1. The zero-order valence-corrected chi connectivity index (χ0v) is 18.9. The summed E-state index contributed by atoms with van der Waals surface area (Å²) in [5.74, 6) is -0.940. The third kappa shape index (κ3) is 4.04. The smallest absolute Gasteiger partial charge is 0.420 e. The van der Waals surface area contributed by atoms with Crippen molar-refractivity contribution in [2.75, 3.05) is 12.4 Å². The Morgan fingerprint density at radius 3 is 2.74 bits per heavy atom. The van der Waals surface area contributed by atoms with E-state index in [-0.39, 0.29) is 12.0 Å². The molecular formula is C23H26N2O5S. The van der Waals surface area contributed by atoms with Crippen LogP contribution in [-0.2, 0) is 28.9 Å². The first-order valence-corrected chi connectivity index (χ1v) is 11.1. The minimum atomic E-state index is -0.594. The van der Waals surface area contributed by atoms with Crippen LogP contribution in [0.25, 0.3) is 11.1 Å². The van der Waals surface area contributed by atoms with Gasteiger partial charge in [-0.1, -0.05) is 32.9 Å². The molecule has 1 N–H and O–H groups in total. The van der Waals surface area contributed by atoms with Gasteiger partial charge in [-0.15, -0.1) is 11.3 Å². The molecule has 0 fully saturated rings. The summed E-state index contributed by atoms with van der Waals surface area (Å²) in [6.07, 6.45) is 2.64. The molecule has 0 spiro atoms. The summed E-state index contributed by atoms with van der Waals surface area (Å²) in [5.41, 5.74) is 2.55. The number of nitrogens with one attached hydrogen (secondary N) is 1. The van der Waals surface area contributed by atoms with E-state index in [0.717, 1.165) is 29.7 Å². The molecule has 3 aromatic rings. The minimum Gasteiger partial charge on any atom is -0.465 e. The van der Waals surface area contributed by atoms with Gasteiger partial charge in [-0.3, -0.25) is 9.36 Å². The number of benzene rings is 1. The molecule has 0 saturated heterocycles. The lowest BCUT2D eigenvalue weighted by molar-refractivity contribution is -0.116. The van der Waals surface area contributed by atoms with E-state index in [1.54, 1.807) is 24.3 Å². The van der Waals surface area contributed by atoms with Crippen LogP contribution >= 0.6 is 11.3 Å². The number of ether oxygens (including phenoxy) is 1. The number of aromatic nitrogens is 1. The molecule has 1 aliphatic rings. The lowest BCUT2D eigenvalue weighted by Gasteiger charge is -2.33. The summed E-state index contributed by atoms with van der Waals surface area (Å²) >= 11 is 1.43. The molecule has 1 atom stereocenters. The van der Waals surface area contributed by atoms with Gasteiger partial charge in [-0.05, 0) is 48.3 Å². The second-order valence-electron chi connectivity index (χ2n) is 8.98. The van der Waals surface area contributed by atoms with Crippen molar-refractivity contribution in [1.29, 1.82) is 0 Å². The summed E-state index contributed by atoms with van der Waals surface area (Å²) < 4.78 is 11.5. The van der Waals surface area contributed by atoms with Crippen LogP contribution in [0, 0.1) is 11.3 Å². The van der Waals surface area contributed by atoms with Gasteiger partial charge in [0.1, 0.15) is 11.5 Å². The molecule has 0 aliphatic heterocycles. The topological polar surface area (TPSA) is 90.5 Å². The number of esters is 1. The minimum absolute atomic E-state index is 0.167. The maximum Gasteiger partial charge on any atom is 0.420 e. The molecule has 1 unspecified atom stereocenters. The standard InChI is InChI=1S/C23H26N2O5S/c1-23(2,3)13-9-10-14-17(11-13)31-20(19(14)21(27)29-4)24-18(26)12-25-15-7-5-6-8-16(15)30-22(25)28/h5-8,13H,9-12H2,1-4H3,(H,24,26). The van der Waals surface area contributed by atoms with E-state index in [9.17, 15) is 14.4 Å². The fourth-order valence-corrected chi connectivity index (χ4v) is 5.54. The number of amides is 1. The number of methoxy groups -OCH3 is 1. The SMILES string of the molecule is COC(=O)c1c(NC(=O)Cn2c(=O)oc3ccccc32)sc2c1CCC(C(C)(C)C)C2.